The lowest BCUT2D eigenvalue weighted by atomic mass is 9.92. The molecule has 0 spiro atoms. The number of hydrogen-bond acceptors (Lipinski definition) is 3. The van der Waals surface area contributed by atoms with Crippen LogP contribution in [0.3, 0.4) is 0 Å². The van der Waals surface area contributed by atoms with Gasteiger partial charge in [-0.25, -0.2) is 0 Å². The smallest absolute Gasteiger partial charge is 0.238 e. The van der Waals surface area contributed by atoms with Gasteiger partial charge in [0.2, 0.25) is 5.91 Å². The maximum atomic E-state index is 12.3. The lowest BCUT2D eigenvalue weighted by molar-refractivity contribution is -0.128. The van der Waals surface area contributed by atoms with Crippen molar-refractivity contribution in [3.05, 3.63) is 0 Å². The highest BCUT2D eigenvalue weighted by atomic mass is 16.2. The van der Waals surface area contributed by atoms with Crippen LogP contribution < -0.4 is 10.6 Å². The van der Waals surface area contributed by atoms with Crippen molar-refractivity contribution in [3.8, 4) is 0 Å². The van der Waals surface area contributed by atoms with E-state index in [-0.39, 0.29) is 11.9 Å². The Morgan fingerprint density at radius 3 is 2.35 bits per heavy atom. The molecule has 0 saturated carbocycles. The van der Waals surface area contributed by atoms with Gasteiger partial charge in [-0.2, -0.15) is 0 Å². The minimum atomic E-state index is -0.00815. The summed E-state index contributed by atoms with van der Waals surface area (Å²) < 4.78 is 0. The number of rotatable bonds is 7. The molecule has 4 nitrogen and oxygen atoms in total. The molecule has 0 bridgehead atoms. The summed E-state index contributed by atoms with van der Waals surface area (Å²) >= 11 is 0. The van der Waals surface area contributed by atoms with Gasteiger partial charge >= 0.3 is 0 Å². The highest BCUT2D eigenvalue weighted by Crippen LogP contribution is 2.22. The van der Waals surface area contributed by atoms with Crippen LogP contribution in [0.2, 0.25) is 0 Å². The Balaban J connectivity index is 2.79. The van der Waals surface area contributed by atoms with Gasteiger partial charge in [0.25, 0.3) is 0 Å². The second kappa shape index (κ2) is 8.63. The first-order valence-electron chi connectivity index (χ1n) is 8.19. The molecule has 4 heteroatoms. The van der Waals surface area contributed by atoms with Crippen LogP contribution >= 0.6 is 0 Å². The van der Waals surface area contributed by atoms with Crippen LogP contribution in [-0.4, -0.2) is 49.1 Å². The summed E-state index contributed by atoms with van der Waals surface area (Å²) in [5.41, 5.74) is 0. The summed E-state index contributed by atoms with van der Waals surface area (Å²) in [6, 6.07) is 0.510. The first-order chi connectivity index (χ1) is 9.45. The third-order valence-corrected chi connectivity index (χ3v) is 3.89. The molecular weight excluding hydrogens is 250 g/mol. The first-order valence-corrected chi connectivity index (χ1v) is 8.19. The van der Waals surface area contributed by atoms with Crippen molar-refractivity contribution < 1.29 is 4.79 Å². The van der Waals surface area contributed by atoms with Crippen LogP contribution in [0, 0.1) is 11.8 Å². The van der Waals surface area contributed by atoms with Gasteiger partial charge in [0.1, 0.15) is 6.04 Å². The predicted molar refractivity (Wildman–Crippen MR) is 84.7 cm³/mol. The standard InChI is InChI=1S/C16H33N3O/c1-6-18-16(20)15-11-17-7-8-19(15)14(9-12(2)3)10-13(4)5/h12-15,17H,6-11H2,1-5H3,(H,18,20). The van der Waals surface area contributed by atoms with E-state index in [2.05, 4.69) is 43.2 Å². The molecule has 1 rings (SSSR count). The number of carbonyl (C=O) groups excluding carboxylic acids is 1. The molecule has 0 aliphatic carbocycles. The molecule has 20 heavy (non-hydrogen) atoms. The summed E-state index contributed by atoms with van der Waals surface area (Å²) in [5.74, 6) is 1.52. The van der Waals surface area contributed by atoms with E-state index in [0.717, 1.165) is 19.6 Å². The van der Waals surface area contributed by atoms with Crippen LogP contribution in [0.15, 0.2) is 0 Å². The van der Waals surface area contributed by atoms with Crippen LogP contribution in [0.4, 0.5) is 0 Å². The fraction of sp³-hybridized carbons (Fsp3) is 0.938. The lowest BCUT2D eigenvalue weighted by Gasteiger charge is -2.42. The highest BCUT2D eigenvalue weighted by Gasteiger charge is 2.33. The molecule has 1 aliphatic rings. The van der Waals surface area contributed by atoms with Gasteiger partial charge in [0.15, 0.2) is 0 Å². The SMILES string of the molecule is CCNC(=O)C1CNCCN1C(CC(C)C)CC(C)C. The first kappa shape index (κ1) is 17.4. The van der Waals surface area contributed by atoms with E-state index < -0.39 is 0 Å². The molecule has 0 radical (unpaired) electrons. The Labute approximate surface area is 124 Å². The van der Waals surface area contributed by atoms with Gasteiger partial charge in [0, 0.05) is 32.2 Å². The van der Waals surface area contributed by atoms with E-state index in [9.17, 15) is 4.79 Å². The molecule has 0 aromatic carbocycles. The van der Waals surface area contributed by atoms with Crippen molar-refractivity contribution in [1.29, 1.82) is 0 Å². The zero-order valence-electron chi connectivity index (χ0n) is 13.9. The Kier molecular flexibility index (Phi) is 7.52. The predicted octanol–water partition coefficient (Wildman–Crippen LogP) is 1.86. The van der Waals surface area contributed by atoms with Crippen molar-refractivity contribution in [3.63, 3.8) is 0 Å². The van der Waals surface area contributed by atoms with Gasteiger partial charge in [0.05, 0.1) is 0 Å². The average molecular weight is 283 g/mol. The van der Waals surface area contributed by atoms with Crippen molar-refractivity contribution in [2.75, 3.05) is 26.2 Å². The fourth-order valence-corrected chi connectivity index (χ4v) is 3.15. The Morgan fingerprint density at radius 2 is 1.85 bits per heavy atom. The number of nitrogens with one attached hydrogen (secondary N) is 2. The van der Waals surface area contributed by atoms with Crippen molar-refractivity contribution in [1.82, 2.24) is 15.5 Å². The summed E-state index contributed by atoms with van der Waals surface area (Å²) in [7, 11) is 0. The van der Waals surface area contributed by atoms with E-state index in [1.807, 2.05) is 6.92 Å². The largest absolute Gasteiger partial charge is 0.355 e. The molecule has 1 amide bonds. The third-order valence-electron chi connectivity index (χ3n) is 3.89. The molecule has 118 valence electrons. The fourth-order valence-electron chi connectivity index (χ4n) is 3.15. The maximum Gasteiger partial charge on any atom is 0.238 e. The van der Waals surface area contributed by atoms with Gasteiger partial charge in [-0.05, 0) is 31.6 Å². The monoisotopic (exact) mass is 283 g/mol. The van der Waals surface area contributed by atoms with Gasteiger partial charge in [-0.3, -0.25) is 9.69 Å². The normalized spacial score (nSPS) is 20.9. The van der Waals surface area contributed by atoms with E-state index in [1.165, 1.54) is 12.8 Å². The zero-order valence-corrected chi connectivity index (χ0v) is 13.9. The van der Waals surface area contributed by atoms with E-state index in [0.29, 0.717) is 24.4 Å². The summed E-state index contributed by atoms with van der Waals surface area (Å²) in [4.78, 5) is 14.7. The van der Waals surface area contributed by atoms with Crippen molar-refractivity contribution in [2.24, 2.45) is 11.8 Å². The molecule has 2 N–H and O–H groups in total. The Hall–Kier alpha value is -0.610. The van der Waals surface area contributed by atoms with Gasteiger partial charge in [-0.1, -0.05) is 27.7 Å². The van der Waals surface area contributed by atoms with E-state index in [1.54, 1.807) is 0 Å². The summed E-state index contributed by atoms with van der Waals surface area (Å²) in [5, 5.41) is 6.35. The molecule has 1 aliphatic heterocycles. The minimum Gasteiger partial charge on any atom is -0.355 e. The topological polar surface area (TPSA) is 44.4 Å². The summed E-state index contributed by atoms with van der Waals surface area (Å²) in [6.07, 6.45) is 2.35. The minimum absolute atomic E-state index is 0.00815. The average Bonchev–Trinajstić information content (AvgIpc) is 2.37. The molecule has 0 aromatic rings. The molecule has 0 aromatic heterocycles. The molecule has 1 atom stereocenters. The molecule has 1 fully saturated rings. The van der Waals surface area contributed by atoms with Gasteiger partial charge in [-0.15, -0.1) is 0 Å². The zero-order chi connectivity index (χ0) is 15.1. The van der Waals surface area contributed by atoms with Crippen LogP contribution in [0.1, 0.15) is 47.5 Å². The lowest BCUT2D eigenvalue weighted by Crippen LogP contribution is -2.61. The van der Waals surface area contributed by atoms with E-state index >= 15 is 0 Å². The van der Waals surface area contributed by atoms with Gasteiger partial charge < -0.3 is 10.6 Å². The maximum absolute atomic E-state index is 12.3. The number of hydrogen-bond donors (Lipinski definition) is 2. The molecular formula is C16H33N3O. The Morgan fingerprint density at radius 1 is 1.25 bits per heavy atom. The number of amides is 1. The number of likely N-dealkylation sites (N-methyl/N-ethyl adjacent to an activating group) is 1. The van der Waals surface area contributed by atoms with E-state index in [4.69, 9.17) is 0 Å². The molecule has 1 saturated heterocycles. The molecule has 1 unspecified atom stereocenters. The summed E-state index contributed by atoms with van der Waals surface area (Å²) in [6.45, 7) is 14.5. The third kappa shape index (κ3) is 5.41. The van der Waals surface area contributed by atoms with Crippen molar-refractivity contribution >= 4 is 5.91 Å². The Bertz CT molecular complexity index is 281. The van der Waals surface area contributed by atoms with Crippen LogP contribution in [0.5, 0.6) is 0 Å². The van der Waals surface area contributed by atoms with Crippen molar-refractivity contribution in [2.45, 2.75) is 59.5 Å². The number of nitrogens with zero attached hydrogens (tertiary/aromatic N) is 1. The number of carbonyl (C=O) groups is 1. The highest BCUT2D eigenvalue weighted by molar-refractivity contribution is 5.82. The molecule has 1 heterocycles. The van der Waals surface area contributed by atoms with Crippen LogP contribution in [0.25, 0.3) is 0 Å². The number of piperazine rings is 1. The quantitative estimate of drug-likeness (QED) is 0.749. The second-order valence-electron chi connectivity index (χ2n) is 6.77. The second-order valence-corrected chi connectivity index (χ2v) is 6.77. The van der Waals surface area contributed by atoms with Crippen LogP contribution in [-0.2, 0) is 4.79 Å².